The quantitative estimate of drug-likeness (QED) is 0.130. The molecule has 0 aromatic heterocycles. The molecular formula is C30H50. The highest BCUT2D eigenvalue weighted by Gasteiger charge is 1.87. The van der Waals surface area contributed by atoms with Gasteiger partial charge >= 0.3 is 0 Å². The smallest absolute Gasteiger partial charge is 0.0169 e. The molecule has 0 unspecified atom stereocenters. The Labute approximate surface area is 189 Å². The van der Waals surface area contributed by atoms with Crippen LogP contribution in [0.25, 0.3) is 0 Å². The lowest BCUT2D eigenvalue weighted by Gasteiger charge is -1.97. The number of allylic oxidation sites excluding steroid dienone is 12. The first-order valence-electron chi connectivity index (χ1n) is 12.8. The van der Waals surface area contributed by atoms with E-state index in [1.807, 2.05) is 0 Å². The van der Waals surface area contributed by atoms with Crippen molar-refractivity contribution in [2.45, 2.75) is 117 Å². The van der Waals surface area contributed by atoms with Gasteiger partial charge in [-0.05, 0) is 57.8 Å². The van der Waals surface area contributed by atoms with Crippen LogP contribution in [0.15, 0.2) is 72.9 Å². The first-order valence-corrected chi connectivity index (χ1v) is 12.8. The SMILES string of the molecule is CCCCC/C=C/C/C=C/C/C=C/C/C=C/C/C=C/C/C=C/CCCCCCCC. The second-order valence-corrected chi connectivity index (χ2v) is 8.06. The van der Waals surface area contributed by atoms with Crippen molar-refractivity contribution in [2.75, 3.05) is 0 Å². The molecule has 0 aromatic rings. The minimum Gasteiger partial charge on any atom is -0.0882 e. The van der Waals surface area contributed by atoms with E-state index in [-0.39, 0.29) is 0 Å². The van der Waals surface area contributed by atoms with Crippen molar-refractivity contribution in [3.63, 3.8) is 0 Å². The van der Waals surface area contributed by atoms with Crippen molar-refractivity contribution in [2.24, 2.45) is 0 Å². The standard InChI is InChI=1S/C30H50/c1-3-5-7-9-11-13-15-17-19-21-23-25-27-29-30-28-26-24-22-20-18-16-14-12-10-8-6-4-2/h11,13,17-20,23-26,29-30H,3-10,12,14-16,21-22,27-28H2,1-2H3/b13-11+,19-17+,20-18+,25-23+,26-24+,30-29+. The van der Waals surface area contributed by atoms with Gasteiger partial charge in [0.25, 0.3) is 0 Å². The van der Waals surface area contributed by atoms with Gasteiger partial charge in [-0.2, -0.15) is 0 Å². The lowest BCUT2D eigenvalue weighted by Crippen LogP contribution is -1.77. The summed E-state index contributed by atoms with van der Waals surface area (Å²) in [6.07, 6.45) is 47.5. The Kier molecular flexibility index (Phi) is 26.0. The van der Waals surface area contributed by atoms with Crippen molar-refractivity contribution < 1.29 is 0 Å². The number of hydrogen-bond acceptors (Lipinski definition) is 0. The molecule has 0 fully saturated rings. The van der Waals surface area contributed by atoms with E-state index in [0.717, 1.165) is 32.1 Å². The summed E-state index contributed by atoms with van der Waals surface area (Å²) < 4.78 is 0. The summed E-state index contributed by atoms with van der Waals surface area (Å²) in [4.78, 5) is 0. The summed E-state index contributed by atoms with van der Waals surface area (Å²) in [5, 5.41) is 0. The molecule has 0 bridgehead atoms. The van der Waals surface area contributed by atoms with Gasteiger partial charge in [0.05, 0.1) is 0 Å². The first kappa shape index (κ1) is 28.4. The fourth-order valence-electron chi connectivity index (χ4n) is 3.15. The third-order valence-corrected chi connectivity index (χ3v) is 5.06. The van der Waals surface area contributed by atoms with Crippen molar-refractivity contribution in [1.29, 1.82) is 0 Å². The predicted molar refractivity (Wildman–Crippen MR) is 140 cm³/mol. The molecule has 0 amide bonds. The first-order chi connectivity index (χ1) is 14.9. The molecule has 0 spiro atoms. The zero-order valence-electron chi connectivity index (χ0n) is 20.2. The molecule has 0 heteroatoms. The lowest BCUT2D eigenvalue weighted by atomic mass is 10.1. The highest BCUT2D eigenvalue weighted by molar-refractivity contribution is 5.01. The summed E-state index contributed by atoms with van der Waals surface area (Å²) in [5.74, 6) is 0. The molecule has 0 nitrogen and oxygen atoms in total. The number of hydrogen-bond donors (Lipinski definition) is 0. The van der Waals surface area contributed by atoms with E-state index < -0.39 is 0 Å². The third-order valence-electron chi connectivity index (χ3n) is 5.06. The van der Waals surface area contributed by atoms with Crippen LogP contribution in [-0.2, 0) is 0 Å². The molecule has 0 saturated carbocycles. The van der Waals surface area contributed by atoms with E-state index in [0.29, 0.717) is 0 Å². The third kappa shape index (κ3) is 26.4. The fourth-order valence-corrected chi connectivity index (χ4v) is 3.15. The van der Waals surface area contributed by atoms with Gasteiger partial charge < -0.3 is 0 Å². The zero-order chi connectivity index (χ0) is 21.8. The summed E-state index contributed by atoms with van der Waals surface area (Å²) in [5.41, 5.74) is 0. The average Bonchev–Trinajstić information content (AvgIpc) is 2.76. The lowest BCUT2D eigenvalue weighted by molar-refractivity contribution is 0.611. The van der Waals surface area contributed by atoms with Crippen LogP contribution >= 0.6 is 0 Å². The minimum absolute atomic E-state index is 1.04. The monoisotopic (exact) mass is 410 g/mol. The molecule has 0 N–H and O–H groups in total. The van der Waals surface area contributed by atoms with Crippen LogP contribution in [0.2, 0.25) is 0 Å². The molecule has 0 rings (SSSR count). The molecule has 0 aliphatic heterocycles. The Morgan fingerprint density at radius 1 is 0.300 bits per heavy atom. The zero-order valence-corrected chi connectivity index (χ0v) is 20.2. The summed E-state index contributed by atoms with van der Waals surface area (Å²) >= 11 is 0. The molecular weight excluding hydrogens is 360 g/mol. The van der Waals surface area contributed by atoms with Crippen molar-refractivity contribution in [3.05, 3.63) is 72.9 Å². The van der Waals surface area contributed by atoms with Crippen LogP contribution in [0.5, 0.6) is 0 Å². The molecule has 0 atom stereocenters. The fraction of sp³-hybridized carbons (Fsp3) is 0.600. The highest BCUT2D eigenvalue weighted by Crippen LogP contribution is 2.07. The van der Waals surface area contributed by atoms with E-state index in [9.17, 15) is 0 Å². The maximum Gasteiger partial charge on any atom is -0.0169 e. The Morgan fingerprint density at radius 2 is 0.567 bits per heavy atom. The van der Waals surface area contributed by atoms with Crippen molar-refractivity contribution in [3.8, 4) is 0 Å². The summed E-state index contributed by atoms with van der Waals surface area (Å²) in [7, 11) is 0. The van der Waals surface area contributed by atoms with Crippen LogP contribution < -0.4 is 0 Å². The van der Waals surface area contributed by atoms with Crippen LogP contribution in [-0.4, -0.2) is 0 Å². The van der Waals surface area contributed by atoms with Gasteiger partial charge in [-0.15, -0.1) is 0 Å². The van der Waals surface area contributed by atoms with Gasteiger partial charge in [0.2, 0.25) is 0 Å². The molecule has 0 aliphatic carbocycles. The Balaban J connectivity index is 3.44. The molecule has 0 radical (unpaired) electrons. The average molecular weight is 411 g/mol. The largest absolute Gasteiger partial charge is 0.0882 e. The molecule has 170 valence electrons. The van der Waals surface area contributed by atoms with Gasteiger partial charge in [-0.25, -0.2) is 0 Å². The molecule has 0 heterocycles. The normalized spacial score (nSPS) is 13.0. The van der Waals surface area contributed by atoms with Crippen LogP contribution in [0, 0.1) is 0 Å². The Hall–Kier alpha value is -1.56. The van der Waals surface area contributed by atoms with Crippen LogP contribution in [0.3, 0.4) is 0 Å². The van der Waals surface area contributed by atoms with Crippen molar-refractivity contribution >= 4 is 0 Å². The van der Waals surface area contributed by atoms with Crippen LogP contribution in [0.4, 0.5) is 0 Å². The van der Waals surface area contributed by atoms with E-state index in [2.05, 4.69) is 86.8 Å². The molecule has 0 aliphatic rings. The summed E-state index contributed by atoms with van der Waals surface area (Å²) in [6.45, 7) is 4.53. The van der Waals surface area contributed by atoms with E-state index in [1.165, 1.54) is 70.6 Å². The Morgan fingerprint density at radius 3 is 0.967 bits per heavy atom. The van der Waals surface area contributed by atoms with Gasteiger partial charge in [0.15, 0.2) is 0 Å². The van der Waals surface area contributed by atoms with Gasteiger partial charge in [0.1, 0.15) is 0 Å². The van der Waals surface area contributed by atoms with Gasteiger partial charge in [0, 0.05) is 0 Å². The number of unbranched alkanes of at least 4 members (excludes halogenated alkanes) is 9. The van der Waals surface area contributed by atoms with E-state index in [1.54, 1.807) is 0 Å². The number of rotatable bonds is 21. The van der Waals surface area contributed by atoms with Crippen molar-refractivity contribution in [1.82, 2.24) is 0 Å². The predicted octanol–water partition coefficient (Wildman–Crippen LogP) is 10.6. The van der Waals surface area contributed by atoms with Gasteiger partial charge in [-0.1, -0.05) is 132 Å². The second-order valence-electron chi connectivity index (χ2n) is 8.06. The highest BCUT2D eigenvalue weighted by atomic mass is 13.9. The minimum atomic E-state index is 1.04. The second kappa shape index (κ2) is 27.4. The molecule has 0 saturated heterocycles. The summed E-state index contributed by atoms with van der Waals surface area (Å²) in [6, 6.07) is 0. The molecule has 30 heavy (non-hydrogen) atoms. The maximum atomic E-state index is 2.35. The topological polar surface area (TPSA) is 0 Å². The van der Waals surface area contributed by atoms with Gasteiger partial charge in [-0.3, -0.25) is 0 Å². The Bertz CT molecular complexity index is 484. The van der Waals surface area contributed by atoms with E-state index in [4.69, 9.17) is 0 Å². The van der Waals surface area contributed by atoms with E-state index >= 15 is 0 Å². The maximum absolute atomic E-state index is 2.35. The molecule has 0 aromatic carbocycles. The van der Waals surface area contributed by atoms with Crippen LogP contribution in [0.1, 0.15) is 117 Å².